The lowest BCUT2D eigenvalue weighted by molar-refractivity contribution is -0.0696. The fourth-order valence-corrected chi connectivity index (χ4v) is 2.35. The van der Waals surface area contributed by atoms with Crippen molar-refractivity contribution < 1.29 is 4.74 Å². The molecule has 17 heavy (non-hydrogen) atoms. The third kappa shape index (κ3) is 2.69. The summed E-state index contributed by atoms with van der Waals surface area (Å²) in [4.78, 5) is 0. The number of nitrogens with one attached hydrogen (secondary N) is 1. The van der Waals surface area contributed by atoms with E-state index in [0.29, 0.717) is 0 Å². The Morgan fingerprint density at radius 1 is 1.53 bits per heavy atom. The fraction of sp³-hybridized carbons (Fsp3) is 0.769. The first-order valence-corrected chi connectivity index (χ1v) is 6.47. The molecule has 0 radical (unpaired) electrons. The van der Waals surface area contributed by atoms with Gasteiger partial charge in [0, 0.05) is 27.2 Å². The Kier molecular flexibility index (Phi) is 3.84. The molecule has 0 amide bonds. The van der Waals surface area contributed by atoms with Crippen molar-refractivity contribution in [3.63, 3.8) is 0 Å². The third-order valence-corrected chi connectivity index (χ3v) is 3.84. The van der Waals surface area contributed by atoms with Gasteiger partial charge in [0.05, 0.1) is 17.0 Å². The molecule has 0 atom stereocenters. The van der Waals surface area contributed by atoms with Crippen molar-refractivity contribution in [3.05, 3.63) is 17.5 Å². The molecule has 1 aliphatic carbocycles. The maximum absolute atomic E-state index is 5.58. The van der Waals surface area contributed by atoms with E-state index in [0.717, 1.165) is 25.2 Å². The highest BCUT2D eigenvalue weighted by atomic mass is 16.5. The van der Waals surface area contributed by atoms with E-state index in [-0.39, 0.29) is 5.60 Å². The Labute approximate surface area is 103 Å². The van der Waals surface area contributed by atoms with Gasteiger partial charge in [0.2, 0.25) is 0 Å². The van der Waals surface area contributed by atoms with Gasteiger partial charge in [0.25, 0.3) is 0 Å². The first-order chi connectivity index (χ1) is 8.19. The van der Waals surface area contributed by atoms with Gasteiger partial charge in [-0.2, -0.15) is 5.10 Å². The average molecular weight is 237 g/mol. The van der Waals surface area contributed by atoms with Crippen LogP contribution in [0.4, 0.5) is 0 Å². The summed E-state index contributed by atoms with van der Waals surface area (Å²) in [5, 5.41) is 7.93. The molecule has 1 aromatic rings. The molecule has 0 saturated heterocycles. The van der Waals surface area contributed by atoms with Crippen molar-refractivity contribution in [1.29, 1.82) is 0 Å². The number of hydrogen-bond acceptors (Lipinski definition) is 3. The Morgan fingerprint density at radius 3 is 2.76 bits per heavy atom. The van der Waals surface area contributed by atoms with Crippen LogP contribution in [0.2, 0.25) is 0 Å². The number of ether oxygens (including phenoxy) is 1. The van der Waals surface area contributed by atoms with Gasteiger partial charge in [-0.25, -0.2) is 0 Å². The summed E-state index contributed by atoms with van der Waals surface area (Å²) in [6, 6.07) is 2.17. The van der Waals surface area contributed by atoms with Gasteiger partial charge in [-0.3, -0.25) is 4.68 Å². The largest absolute Gasteiger partial charge is 0.377 e. The molecule has 4 nitrogen and oxygen atoms in total. The van der Waals surface area contributed by atoms with Crippen molar-refractivity contribution >= 4 is 0 Å². The minimum Gasteiger partial charge on any atom is -0.377 e. The van der Waals surface area contributed by atoms with E-state index in [1.807, 2.05) is 18.8 Å². The normalized spacial score (nSPS) is 18.1. The van der Waals surface area contributed by atoms with Gasteiger partial charge in [-0.1, -0.05) is 6.92 Å². The summed E-state index contributed by atoms with van der Waals surface area (Å²) in [5.41, 5.74) is 2.51. The first kappa shape index (κ1) is 12.6. The summed E-state index contributed by atoms with van der Waals surface area (Å²) in [7, 11) is 3.83. The van der Waals surface area contributed by atoms with Crippen LogP contribution in [0.1, 0.15) is 37.6 Å². The van der Waals surface area contributed by atoms with Crippen molar-refractivity contribution in [2.45, 2.75) is 44.8 Å². The van der Waals surface area contributed by atoms with E-state index in [1.165, 1.54) is 25.0 Å². The van der Waals surface area contributed by atoms with Crippen LogP contribution in [0, 0.1) is 0 Å². The summed E-state index contributed by atoms with van der Waals surface area (Å²) in [6.07, 6.45) is 4.65. The minimum atomic E-state index is 0.103. The standard InChI is InChI=1S/C13H23N3O/c1-4-11-8-12(16(2)15-11)9-14-10-13(17-3)6-5-7-13/h8,14H,4-7,9-10H2,1-3H3. The number of methoxy groups -OCH3 is 1. The van der Waals surface area contributed by atoms with E-state index in [4.69, 9.17) is 4.74 Å². The van der Waals surface area contributed by atoms with Crippen molar-refractivity contribution in [2.75, 3.05) is 13.7 Å². The summed E-state index contributed by atoms with van der Waals surface area (Å²) in [6.45, 7) is 3.94. The topological polar surface area (TPSA) is 39.1 Å². The minimum absolute atomic E-state index is 0.103. The number of hydrogen-bond donors (Lipinski definition) is 1. The molecule has 0 aliphatic heterocycles. The second-order valence-corrected chi connectivity index (χ2v) is 4.95. The average Bonchev–Trinajstić information content (AvgIpc) is 2.64. The molecule has 1 heterocycles. The second kappa shape index (κ2) is 5.19. The zero-order chi connectivity index (χ0) is 12.3. The van der Waals surface area contributed by atoms with Crippen LogP contribution < -0.4 is 5.32 Å². The summed E-state index contributed by atoms with van der Waals surface area (Å²) < 4.78 is 7.55. The van der Waals surface area contributed by atoms with Crippen LogP contribution in [0.25, 0.3) is 0 Å². The maximum atomic E-state index is 5.58. The molecular weight excluding hydrogens is 214 g/mol. The highest BCUT2D eigenvalue weighted by Gasteiger charge is 2.36. The smallest absolute Gasteiger partial charge is 0.0802 e. The predicted octanol–water partition coefficient (Wildman–Crippen LogP) is 1.64. The van der Waals surface area contributed by atoms with Gasteiger partial charge >= 0.3 is 0 Å². The lowest BCUT2D eigenvalue weighted by atomic mass is 9.80. The van der Waals surface area contributed by atoms with E-state index >= 15 is 0 Å². The number of rotatable bonds is 6. The maximum Gasteiger partial charge on any atom is 0.0802 e. The molecular formula is C13H23N3O. The number of aryl methyl sites for hydroxylation is 2. The molecule has 2 rings (SSSR count). The van der Waals surface area contributed by atoms with E-state index in [1.54, 1.807) is 0 Å². The molecule has 96 valence electrons. The Morgan fingerprint density at radius 2 is 2.29 bits per heavy atom. The third-order valence-electron chi connectivity index (χ3n) is 3.84. The molecule has 1 aromatic heterocycles. The van der Waals surface area contributed by atoms with Crippen LogP contribution in [0.15, 0.2) is 6.07 Å². The zero-order valence-corrected chi connectivity index (χ0v) is 11.1. The van der Waals surface area contributed by atoms with Crippen LogP contribution in [0.5, 0.6) is 0 Å². The second-order valence-electron chi connectivity index (χ2n) is 4.95. The van der Waals surface area contributed by atoms with Gasteiger partial charge < -0.3 is 10.1 Å². The Balaban J connectivity index is 1.83. The van der Waals surface area contributed by atoms with Gasteiger partial charge in [-0.15, -0.1) is 0 Å². The summed E-state index contributed by atoms with van der Waals surface area (Å²) in [5.74, 6) is 0. The molecule has 0 bridgehead atoms. The van der Waals surface area contributed by atoms with Crippen molar-refractivity contribution in [3.8, 4) is 0 Å². The number of aromatic nitrogens is 2. The van der Waals surface area contributed by atoms with E-state index < -0.39 is 0 Å². The monoisotopic (exact) mass is 237 g/mol. The quantitative estimate of drug-likeness (QED) is 0.817. The Hall–Kier alpha value is -0.870. The van der Waals surface area contributed by atoms with Gasteiger partial charge in [0.15, 0.2) is 0 Å². The molecule has 0 unspecified atom stereocenters. The molecule has 1 N–H and O–H groups in total. The number of nitrogens with zero attached hydrogens (tertiary/aromatic N) is 2. The highest BCUT2D eigenvalue weighted by Crippen LogP contribution is 2.34. The molecule has 1 saturated carbocycles. The first-order valence-electron chi connectivity index (χ1n) is 6.47. The molecule has 1 aliphatic rings. The van der Waals surface area contributed by atoms with Gasteiger partial charge in [-0.05, 0) is 31.7 Å². The van der Waals surface area contributed by atoms with Gasteiger partial charge in [0.1, 0.15) is 0 Å². The predicted molar refractivity (Wildman–Crippen MR) is 67.9 cm³/mol. The van der Waals surface area contributed by atoms with Crippen LogP contribution >= 0.6 is 0 Å². The van der Waals surface area contributed by atoms with Crippen LogP contribution in [0.3, 0.4) is 0 Å². The molecule has 0 aromatic carbocycles. The SMILES string of the molecule is CCc1cc(CNCC2(OC)CCC2)n(C)n1. The van der Waals surface area contributed by atoms with E-state index in [2.05, 4.69) is 23.4 Å². The Bertz CT molecular complexity index is 363. The fourth-order valence-electron chi connectivity index (χ4n) is 2.35. The molecule has 4 heteroatoms. The van der Waals surface area contributed by atoms with E-state index in [9.17, 15) is 0 Å². The summed E-state index contributed by atoms with van der Waals surface area (Å²) >= 11 is 0. The molecule has 0 spiro atoms. The van der Waals surface area contributed by atoms with Crippen LogP contribution in [-0.4, -0.2) is 29.0 Å². The lowest BCUT2D eigenvalue weighted by Crippen LogP contribution is -2.47. The highest BCUT2D eigenvalue weighted by molar-refractivity contribution is 5.10. The van der Waals surface area contributed by atoms with Crippen molar-refractivity contribution in [2.24, 2.45) is 7.05 Å². The van der Waals surface area contributed by atoms with Crippen molar-refractivity contribution in [1.82, 2.24) is 15.1 Å². The molecule has 1 fully saturated rings. The zero-order valence-electron chi connectivity index (χ0n) is 11.1. The lowest BCUT2D eigenvalue weighted by Gasteiger charge is -2.40. The van der Waals surface area contributed by atoms with Crippen LogP contribution in [-0.2, 0) is 24.8 Å².